The Hall–Kier alpha value is -1.97. The van der Waals surface area contributed by atoms with Gasteiger partial charge in [-0.1, -0.05) is 29.8 Å². The maximum atomic E-state index is 12.7. The second-order valence-electron chi connectivity index (χ2n) is 6.63. The van der Waals surface area contributed by atoms with Crippen LogP contribution >= 0.6 is 22.9 Å². The van der Waals surface area contributed by atoms with Gasteiger partial charge in [0, 0.05) is 30.6 Å². The zero-order valence-electron chi connectivity index (χ0n) is 16.4. The monoisotopic (exact) mass is 466 g/mol. The number of ether oxygens (including phenoxy) is 1. The first kappa shape index (κ1) is 22.7. The zero-order chi connectivity index (χ0) is 21.6. The van der Waals surface area contributed by atoms with Crippen LogP contribution in [0.5, 0.6) is 0 Å². The molecule has 1 amide bonds. The maximum Gasteiger partial charge on any atom is 0.247 e. The Bertz CT molecular complexity index is 1010. The molecule has 1 aliphatic rings. The lowest BCUT2D eigenvalue weighted by molar-refractivity contribution is -0.126. The molecule has 0 bridgehead atoms. The summed E-state index contributed by atoms with van der Waals surface area (Å²) in [5.74, 6) is -0.163. The van der Waals surface area contributed by atoms with Gasteiger partial charge in [0.1, 0.15) is 0 Å². The van der Waals surface area contributed by atoms with Crippen molar-refractivity contribution in [2.24, 2.45) is 0 Å². The summed E-state index contributed by atoms with van der Waals surface area (Å²) in [7, 11) is -3.53. The molecule has 1 aromatic heterocycles. The topological polar surface area (TPSA) is 66.9 Å². The number of carbonyl (C=O) groups excluding carboxylic acids is 1. The molecule has 0 saturated carbocycles. The standard InChI is InChI=1S/C21H23ClN2O4S2/c1-2-11-23(16-18-6-9-20(22)29-18)21(25)10-5-17-3-7-19(8-4-17)30(26,27)24-12-14-28-15-13-24/h2-10H,1,11-16H2/b10-5+. The van der Waals surface area contributed by atoms with Crippen LogP contribution in [0.15, 0.2) is 60.0 Å². The van der Waals surface area contributed by atoms with Gasteiger partial charge >= 0.3 is 0 Å². The van der Waals surface area contributed by atoms with Crippen molar-refractivity contribution in [1.29, 1.82) is 0 Å². The van der Waals surface area contributed by atoms with Crippen molar-refractivity contribution in [1.82, 2.24) is 9.21 Å². The van der Waals surface area contributed by atoms with Gasteiger partial charge in [0.05, 0.1) is 29.0 Å². The smallest absolute Gasteiger partial charge is 0.247 e. The Kier molecular flexibility index (Phi) is 7.85. The van der Waals surface area contributed by atoms with Crippen molar-refractivity contribution in [2.75, 3.05) is 32.8 Å². The molecule has 30 heavy (non-hydrogen) atoms. The van der Waals surface area contributed by atoms with Gasteiger partial charge in [-0.3, -0.25) is 4.79 Å². The summed E-state index contributed by atoms with van der Waals surface area (Å²) in [6.07, 6.45) is 4.82. The molecule has 160 valence electrons. The average molecular weight is 467 g/mol. The highest BCUT2D eigenvalue weighted by atomic mass is 35.5. The number of amides is 1. The summed E-state index contributed by atoms with van der Waals surface area (Å²) in [5.41, 5.74) is 0.738. The minimum Gasteiger partial charge on any atom is -0.379 e. The molecule has 1 aliphatic heterocycles. The van der Waals surface area contributed by atoms with E-state index in [1.54, 1.807) is 47.4 Å². The maximum absolute atomic E-state index is 12.7. The summed E-state index contributed by atoms with van der Waals surface area (Å²) < 4.78 is 32.7. The molecule has 0 N–H and O–H groups in total. The Morgan fingerprint density at radius 2 is 1.90 bits per heavy atom. The number of sulfonamides is 1. The first-order chi connectivity index (χ1) is 14.4. The Labute approximate surface area is 186 Å². The number of benzene rings is 1. The molecule has 2 heterocycles. The molecule has 0 radical (unpaired) electrons. The summed E-state index contributed by atoms with van der Waals surface area (Å²) >= 11 is 7.40. The number of morpholine rings is 1. The third kappa shape index (κ3) is 5.80. The largest absolute Gasteiger partial charge is 0.379 e. The van der Waals surface area contributed by atoms with E-state index in [4.69, 9.17) is 16.3 Å². The van der Waals surface area contributed by atoms with Crippen LogP contribution in [0.4, 0.5) is 0 Å². The third-order valence-corrected chi connectivity index (χ3v) is 7.67. The van der Waals surface area contributed by atoms with Gasteiger partial charge in [-0.15, -0.1) is 17.9 Å². The lowest BCUT2D eigenvalue weighted by Gasteiger charge is -2.26. The minimum atomic E-state index is -3.53. The molecule has 1 aromatic carbocycles. The van der Waals surface area contributed by atoms with Crippen LogP contribution in [0.25, 0.3) is 6.08 Å². The van der Waals surface area contributed by atoms with E-state index in [2.05, 4.69) is 6.58 Å². The molecule has 0 unspecified atom stereocenters. The average Bonchev–Trinajstić information content (AvgIpc) is 3.17. The first-order valence-electron chi connectivity index (χ1n) is 9.40. The quantitative estimate of drug-likeness (QED) is 0.440. The second-order valence-corrected chi connectivity index (χ2v) is 10.4. The predicted octanol–water partition coefficient (Wildman–Crippen LogP) is 3.65. The van der Waals surface area contributed by atoms with Crippen molar-refractivity contribution >= 4 is 44.9 Å². The lowest BCUT2D eigenvalue weighted by atomic mass is 10.2. The summed E-state index contributed by atoms with van der Waals surface area (Å²) in [6, 6.07) is 10.2. The highest BCUT2D eigenvalue weighted by Crippen LogP contribution is 2.23. The van der Waals surface area contributed by atoms with Crippen molar-refractivity contribution in [3.63, 3.8) is 0 Å². The van der Waals surface area contributed by atoms with Crippen LogP contribution in [0.1, 0.15) is 10.4 Å². The number of hydrogen-bond acceptors (Lipinski definition) is 5. The second kappa shape index (κ2) is 10.4. The number of hydrogen-bond donors (Lipinski definition) is 0. The van der Waals surface area contributed by atoms with E-state index in [-0.39, 0.29) is 10.8 Å². The van der Waals surface area contributed by atoms with Gasteiger partial charge in [-0.25, -0.2) is 8.42 Å². The number of nitrogens with zero attached hydrogens (tertiary/aromatic N) is 2. The fourth-order valence-corrected chi connectivity index (χ4v) is 5.48. The molecule has 3 rings (SSSR count). The van der Waals surface area contributed by atoms with E-state index in [0.29, 0.717) is 43.7 Å². The number of thiophene rings is 1. The molecular formula is C21H23ClN2O4S2. The molecule has 1 saturated heterocycles. The van der Waals surface area contributed by atoms with Gasteiger partial charge in [0.15, 0.2) is 0 Å². The van der Waals surface area contributed by atoms with Crippen molar-refractivity contribution in [3.05, 3.63) is 69.9 Å². The van der Waals surface area contributed by atoms with Gasteiger partial charge in [0.25, 0.3) is 0 Å². The van der Waals surface area contributed by atoms with Crippen LogP contribution in [-0.4, -0.2) is 56.4 Å². The summed E-state index contributed by atoms with van der Waals surface area (Å²) in [6.45, 7) is 6.09. The van der Waals surface area contributed by atoms with Crippen molar-refractivity contribution in [2.45, 2.75) is 11.4 Å². The zero-order valence-corrected chi connectivity index (χ0v) is 18.8. The highest BCUT2D eigenvalue weighted by molar-refractivity contribution is 7.89. The molecule has 9 heteroatoms. The van der Waals surface area contributed by atoms with Crippen LogP contribution in [0.2, 0.25) is 4.34 Å². The summed E-state index contributed by atoms with van der Waals surface area (Å²) in [5, 5.41) is 0. The lowest BCUT2D eigenvalue weighted by Crippen LogP contribution is -2.40. The van der Waals surface area contributed by atoms with E-state index < -0.39 is 10.0 Å². The Balaban J connectivity index is 1.67. The number of halogens is 1. The minimum absolute atomic E-state index is 0.163. The fourth-order valence-electron chi connectivity index (χ4n) is 2.97. The predicted molar refractivity (Wildman–Crippen MR) is 120 cm³/mol. The molecular weight excluding hydrogens is 444 g/mol. The van der Waals surface area contributed by atoms with E-state index in [0.717, 1.165) is 10.4 Å². The SMILES string of the molecule is C=CCN(Cc1ccc(Cl)s1)C(=O)/C=C/c1ccc(S(=O)(=O)N2CCOCC2)cc1. The van der Waals surface area contributed by atoms with E-state index in [9.17, 15) is 13.2 Å². The number of carbonyl (C=O) groups is 1. The third-order valence-electron chi connectivity index (χ3n) is 4.54. The van der Waals surface area contributed by atoms with E-state index >= 15 is 0 Å². The molecule has 2 aromatic rings. The van der Waals surface area contributed by atoms with Crippen molar-refractivity contribution in [3.8, 4) is 0 Å². The highest BCUT2D eigenvalue weighted by Gasteiger charge is 2.25. The van der Waals surface area contributed by atoms with Gasteiger partial charge in [-0.05, 0) is 35.9 Å². The van der Waals surface area contributed by atoms with E-state index in [1.165, 1.54) is 21.7 Å². The fraction of sp³-hybridized carbons (Fsp3) is 0.286. The van der Waals surface area contributed by atoms with Crippen LogP contribution < -0.4 is 0 Å². The van der Waals surface area contributed by atoms with Gasteiger partial charge in [0.2, 0.25) is 15.9 Å². The molecule has 6 nitrogen and oxygen atoms in total. The van der Waals surface area contributed by atoms with Crippen LogP contribution in [0, 0.1) is 0 Å². The number of rotatable bonds is 8. The normalized spacial score (nSPS) is 15.4. The first-order valence-corrected chi connectivity index (χ1v) is 12.0. The Morgan fingerprint density at radius 1 is 1.20 bits per heavy atom. The van der Waals surface area contributed by atoms with Crippen LogP contribution in [0.3, 0.4) is 0 Å². The molecule has 0 spiro atoms. The molecule has 0 aliphatic carbocycles. The van der Waals surface area contributed by atoms with Crippen LogP contribution in [-0.2, 0) is 26.1 Å². The molecule has 1 fully saturated rings. The molecule has 0 atom stereocenters. The Morgan fingerprint density at radius 3 is 2.50 bits per heavy atom. The van der Waals surface area contributed by atoms with Gasteiger partial charge in [-0.2, -0.15) is 4.31 Å². The van der Waals surface area contributed by atoms with Crippen molar-refractivity contribution < 1.29 is 17.9 Å². The summed E-state index contributed by atoms with van der Waals surface area (Å²) in [4.78, 5) is 15.5. The van der Waals surface area contributed by atoms with E-state index in [1.807, 2.05) is 6.07 Å². The van der Waals surface area contributed by atoms with Gasteiger partial charge < -0.3 is 9.64 Å².